The predicted octanol–water partition coefficient (Wildman–Crippen LogP) is 4.40. The summed E-state index contributed by atoms with van der Waals surface area (Å²) in [6.07, 6.45) is 7.59. The molecule has 1 fully saturated rings. The van der Waals surface area contributed by atoms with Gasteiger partial charge in [0.2, 0.25) is 0 Å². The van der Waals surface area contributed by atoms with Gasteiger partial charge >= 0.3 is 0 Å². The summed E-state index contributed by atoms with van der Waals surface area (Å²) in [5, 5.41) is 3.22. The van der Waals surface area contributed by atoms with E-state index in [0.717, 1.165) is 25.5 Å². The molecule has 0 radical (unpaired) electrons. The maximum Gasteiger partial charge on any atom is 0.279 e. The Morgan fingerprint density at radius 1 is 1.26 bits per heavy atom. The van der Waals surface area contributed by atoms with E-state index in [1.54, 1.807) is 0 Å². The molecule has 0 aromatic heterocycles. The highest BCUT2D eigenvalue weighted by atomic mass is 32.2. The van der Waals surface area contributed by atoms with E-state index in [2.05, 4.69) is 19.2 Å². The number of rotatable bonds is 5. The van der Waals surface area contributed by atoms with Crippen LogP contribution in [0.3, 0.4) is 0 Å². The molecule has 0 aromatic rings. The van der Waals surface area contributed by atoms with E-state index in [1.165, 1.54) is 31.0 Å². The van der Waals surface area contributed by atoms with Crippen LogP contribution in [-0.4, -0.2) is 22.8 Å². The van der Waals surface area contributed by atoms with Crippen LogP contribution in [0.15, 0.2) is 0 Å². The largest absolute Gasteiger partial charge is 0.337 e. The van der Waals surface area contributed by atoms with E-state index in [9.17, 15) is 9.59 Å². The Morgan fingerprint density at radius 2 is 1.84 bits per heavy atom. The van der Waals surface area contributed by atoms with Crippen molar-refractivity contribution in [1.29, 1.82) is 0 Å². The molecule has 1 rings (SSSR count). The SMILES string of the molecule is CC.CC(C)CC(C=O)NC(=O)SC1CCCCC1. The van der Waals surface area contributed by atoms with Crippen molar-refractivity contribution >= 4 is 23.3 Å². The molecule has 0 spiro atoms. The summed E-state index contributed by atoms with van der Waals surface area (Å²) in [6, 6.07) is -0.321. The first kappa shape index (κ1) is 18.5. The normalized spacial score (nSPS) is 17.3. The minimum absolute atomic E-state index is 0.0327. The standard InChI is InChI=1S/C13H23NO2S.C2H6/c1-10(2)8-11(9-15)14-13(16)17-12-6-4-3-5-7-12;1-2/h9-12H,3-8H2,1-2H3,(H,14,16);1-2H3. The van der Waals surface area contributed by atoms with Gasteiger partial charge in [0.05, 0.1) is 6.04 Å². The number of hydrogen-bond acceptors (Lipinski definition) is 3. The number of amides is 1. The molecule has 0 saturated heterocycles. The van der Waals surface area contributed by atoms with Crippen LogP contribution in [0.2, 0.25) is 0 Å². The lowest BCUT2D eigenvalue weighted by molar-refractivity contribution is -0.109. The number of aldehydes is 1. The molecule has 19 heavy (non-hydrogen) atoms. The van der Waals surface area contributed by atoms with Gasteiger partial charge in [-0.1, -0.05) is 58.7 Å². The van der Waals surface area contributed by atoms with Gasteiger partial charge in [-0.25, -0.2) is 0 Å². The van der Waals surface area contributed by atoms with Crippen LogP contribution in [-0.2, 0) is 4.79 Å². The molecule has 0 aromatic carbocycles. The molecule has 1 N–H and O–H groups in total. The second-order valence-electron chi connectivity index (χ2n) is 5.18. The van der Waals surface area contributed by atoms with Crippen molar-refractivity contribution in [3.63, 3.8) is 0 Å². The minimum atomic E-state index is -0.321. The average molecular weight is 287 g/mol. The minimum Gasteiger partial charge on any atom is -0.337 e. The first-order chi connectivity index (χ1) is 9.11. The van der Waals surface area contributed by atoms with Crippen molar-refractivity contribution in [1.82, 2.24) is 5.32 Å². The molecule has 112 valence electrons. The molecule has 1 amide bonds. The zero-order valence-electron chi connectivity index (χ0n) is 12.8. The van der Waals surface area contributed by atoms with Gasteiger partial charge in [0.25, 0.3) is 5.24 Å². The third-order valence-corrected chi connectivity index (χ3v) is 4.16. The number of thioether (sulfide) groups is 1. The number of hydrogen-bond donors (Lipinski definition) is 1. The van der Waals surface area contributed by atoms with Crippen LogP contribution in [0, 0.1) is 5.92 Å². The third kappa shape index (κ3) is 9.09. The van der Waals surface area contributed by atoms with Crippen LogP contribution in [0.1, 0.15) is 66.2 Å². The lowest BCUT2D eigenvalue weighted by Gasteiger charge is -2.21. The average Bonchev–Trinajstić information content (AvgIpc) is 2.40. The van der Waals surface area contributed by atoms with E-state index >= 15 is 0 Å². The second kappa shape index (κ2) is 11.3. The van der Waals surface area contributed by atoms with Gasteiger partial charge in [-0.2, -0.15) is 0 Å². The fraction of sp³-hybridized carbons (Fsp3) is 0.867. The number of nitrogens with one attached hydrogen (secondary N) is 1. The quantitative estimate of drug-likeness (QED) is 0.762. The van der Waals surface area contributed by atoms with E-state index < -0.39 is 0 Å². The van der Waals surface area contributed by atoms with Crippen LogP contribution in [0.5, 0.6) is 0 Å². The zero-order chi connectivity index (χ0) is 14.7. The topological polar surface area (TPSA) is 46.2 Å². The molecule has 1 unspecified atom stereocenters. The van der Waals surface area contributed by atoms with Gasteiger partial charge in [-0.15, -0.1) is 0 Å². The molecule has 0 heterocycles. The molecule has 0 bridgehead atoms. The molecule has 3 nitrogen and oxygen atoms in total. The summed E-state index contributed by atoms with van der Waals surface area (Å²) in [6.45, 7) is 8.11. The highest BCUT2D eigenvalue weighted by Crippen LogP contribution is 2.28. The van der Waals surface area contributed by atoms with E-state index in [-0.39, 0.29) is 11.3 Å². The van der Waals surface area contributed by atoms with Crippen LogP contribution in [0.4, 0.5) is 4.79 Å². The maximum absolute atomic E-state index is 11.8. The second-order valence-corrected chi connectivity index (χ2v) is 6.45. The van der Waals surface area contributed by atoms with Crippen molar-refractivity contribution in [2.45, 2.75) is 77.5 Å². The monoisotopic (exact) mass is 287 g/mol. The van der Waals surface area contributed by atoms with Crippen molar-refractivity contribution < 1.29 is 9.59 Å². The van der Waals surface area contributed by atoms with Gasteiger partial charge in [-0.05, 0) is 25.2 Å². The first-order valence-electron chi connectivity index (χ1n) is 7.54. The fourth-order valence-electron chi connectivity index (χ4n) is 2.18. The number of carbonyl (C=O) groups is 2. The highest BCUT2D eigenvalue weighted by molar-refractivity contribution is 8.14. The summed E-state index contributed by atoms with van der Waals surface area (Å²) >= 11 is 1.38. The van der Waals surface area contributed by atoms with Gasteiger partial charge in [0.15, 0.2) is 0 Å². The van der Waals surface area contributed by atoms with Crippen molar-refractivity contribution in [3.05, 3.63) is 0 Å². The lowest BCUT2D eigenvalue weighted by Crippen LogP contribution is -2.35. The smallest absolute Gasteiger partial charge is 0.279 e. The molecule has 0 aliphatic heterocycles. The summed E-state index contributed by atoms with van der Waals surface area (Å²) in [7, 11) is 0. The van der Waals surface area contributed by atoms with Crippen LogP contribution >= 0.6 is 11.8 Å². The molecule has 4 heteroatoms. The molecular weight excluding hydrogens is 258 g/mol. The van der Waals surface area contributed by atoms with E-state index in [1.807, 2.05) is 13.8 Å². The van der Waals surface area contributed by atoms with Crippen molar-refractivity contribution in [3.8, 4) is 0 Å². The third-order valence-electron chi connectivity index (χ3n) is 3.02. The Balaban J connectivity index is 0.00000154. The number of carbonyl (C=O) groups excluding carboxylic acids is 2. The Kier molecular flexibility index (Phi) is 11.0. The van der Waals surface area contributed by atoms with Gasteiger partial charge in [0, 0.05) is 5.25 Å². The van der Waals surface area contributed by atoms with Crippen LogP contribution in [0.25, 0.3) is 0 Å². The molecule has 1 aliphatic rings. The molecule has 1 atom stereocenters. The lowest BCUT2D eigenvalue weighted by atomic mass is 10.0. The van der Waals surface area contributed by atoms with Crippen LogP contribution < -0.4 is 5.32 Å². The fourth-order valence-corrected chi connectivity index (χ4v) is 3.27. The van der Waals surface area contributed by atoms with Gasteiger partial charge < -0.3 is 10.1 Å². The van der Waals surface area contributed by atoms with Gasteiger partial charge in [-0.3, -0.25) is 4.79 Å². The Bertz CT molecular complexity index is 251. The predicted molar refractivity (Wildman–Crippen MR) is 83.7 cm³/mol. The highest BCUT2D eigenvalue weighted by Gasteiger charge is 2.20. The Labute approximate surface area is 122 Å². The molecular formula is C15H29NO2S. The zero-order valence-corrected chi connectivity index (χ0v) is 13.6. The van der Waals surface area contributed by atoms with E-state index in [4.69, 9.17) is 0 Å². The van der Waals surface area contributed by atoms with Gasteiger partial charge in [0.1, 0.15) is 6.29 Å². The summed E-state index contributed by atoms with van der Waals surface area (Å²) < 4.78 is 0. The molecule has 1 saturated carbocycles. The first-order valence-corrected chi connectivity index (χ1v) is 8.42. The van der Waals surface area contributed by atoms with Crippen molar-refractivity contribution in [2.75, 3.05) is 0 Å². The summed E-state index contributed by atoms with van der Waals surface area (Å²) in [5.41, 5.74) is 0. The maximum atomic E-state index is 11.8. The Morgan fingerprint density at radius 3 is 2.32 bits per heavy atom. The molecule has 1 aliphatic carbocycles. The summed E-state index contributed by atoms with van der Waals surface area (Å²) in [5.74, 6) is 0.421. The van der Waals surface area contributed by atoms with Crippen molar-refractivity contribution in [2.24, 2.45) is 5.92 Å². The summed E-state index contributed by atoms with van der Waals surface area (Å²) in [4.78, 5) is 22.6. The van der Waals surface area contributed by atoms with E-state index in [0.29, 0.717) is 11.2 Å². The Hall–Kier alpha value is -0.510.